The number of fused-ring (bicyclic) bond motifs is 28. The smallest absolute Gasteiger partial charge is 0.178 e. The number of hydrogen-bond acceptors (Lipinski definition) is 8. The van der Waals surface area contributed by atoms with Crippen LogP contribution in [0.2, 0.25) is 10.0 Å². The summed E-state index contributed by atoms with van der Waals surface area (Å²) in [6, 6.07) is 126. The van der Waals surface area contributed by atoms with Gasteiger partial charge < -0.3 is 37.4 Å². The van der Waals surface area contributed by atoms with Crippen molar-refractivity contribution in [3.05, 3.63) is 423 Å². The van der Waals surface area contributed by atoms with Gasteiger partial charge >= 0.3 is 0 Å². The number of benzene rings is 16. The zero-order valence-electron chi connectivity index (χ0n) is 60.2. The van der Waals surface area contributed by atoms with Crippen molar-refractivity contribution in [2.45, 2.75) is 10.8 Å². The van der Waals surface area contributed by atoms with Gasteiger partial charge in [0.05, 0.1) is 10.8 Å². The fourth-order valence-corrected chi connectivity index (χ4v) is 18.5. The maximum absolute atomic E-state index is 7.05. The highest BCUT2D eigenvalue weighted by molar-refractivity contribution is 9.10. The molecule has 0 atom stereocenters. The van der Waals surface area contributed by atoms with Crippen LogP contribution in [-0.4, -0.2) is 0 Å². The second-order valence-corrected chi connectivity index (χ2v) is 30.7. The van der Waals surface area contributed by atoms with Crippen LogP contribution in [0.25, 0.3) is 110 Å². The van der Waals surface area contributed by atoms with Gasteiger partial charge in [-0.15, -0.1) is 0 Å². The van der Waals surface area contributed by atoms with Crippen LogP contribution in [0.15, 0.2) is 386 Å². The third-order valence-electron chi connectivity index (χ3n) is 22.7. The Morgan fingerprint density at radius 3 is 1.12 bits per heavy atom. The molecule has 2 spiro atoms. The molecule has 0 amide bonds. The van der Waals surface area contributed by atoms with Crippen LogP contribution in [0, 0.1) is 0 Å². The van der Waals surface area contributed by atoms with Crippen molar-refractivity contribution in [3.63, 3.8) is 0 Å². The molecule has 1 N–H and O–H groups in total. The van der Waals surface area contributed by atoms with Crippen molar-refractivity contribution in [2.24, 2.45) is 0 Å². The first-order valence-corrected chi connectivity index (χ1v) is 39.1. The molecule has 2 aliphatic carbocycles. The number of anilines is 5. The normalized spacial score (nSPS) is 13.2. The number of para-hydroxylation sites is 2. The molecule has 4 aliphatic rings. The molecule has 0 bridgehead atoms. The van der Waals surface area contributed by atoms with Gasteiger partial charge in [0.15, 0.2) is 23.0 Å². The van der Waals surface area contributed by atoms with Crippen molar-refractivity contribution in [1.29, 1.82) is 0 Å². The third kappa shape index (κ3) is 10.6. The molecular weight excluding hydrogens is 1500 g/mol. The summed E-state index contributed by atoms with van der Waals surface area (Å²) in [5.74, 6) is 4.50. The maximum Gasteiger partial charge on any atom is 0.178 e. The van der Waals surface area contributed by atoms with Crippen LogP contribution in [0.3, 0.4) is 0 Å². The molecule has 0 radical (unpaired) electrons. The van der Waals surface area contributed by atoms with E-state index in [1.165, 1.54) is 50.1 Å². The van der Waals surface area contributed by atoms with E-state index in [0.29, 0.717) is 15.8 Å². The number of rotatable bonds is 7. The summed E-state index contributed by atoms with van der Waals surface area (Å²) < 4.78 is 40.2. The van der Waals surface area contributed by atoms with Crippen LogP contribution in [0.5, 0.6) is 23.0 Å². The molecular formula is C102H61BrCl2N2O6. The molecule has 6 heterocycles. The molecule has 0 unspecified atom stereocenters. The number of hydrogen-bond donors (Lipinski definition) is 1. The summed E-state index contributed by atoms with van der Waals surface area (Å²) in [5, 5.41) is 11.0. The highest BCUT2D eigenvalue weighted by atomic mass is 79.9. The minimum Gasteiger partial charge on any atom is -0.456 e. The summed E-state index contributed by atoms with van der Waals surface area (Å²) in [7, 11) is 0. The van der Waals surface area contributed by atoms with Crippen LogP contribution < -0.4 is 19.7 Å². The van der Waals surface area contributed by atoms with E-state index >= 15 is 0 Å². The largest absolute Gasteiger partial charge is 0.456 e. The molecule has 2 aliphatic heterocycles. The lowest BCUT2D eigenvalue weighted by molar-refractivity contribution is 0.389. The van der Waals surface area contributed by atoms with Crippen molar-refractivity contribution in [1.82, 2.24) is 0 Å². The predicted molar refractivity (Wildman–Crippen MR) is 461 cm³/mol. The van der Waals surface area contributed by atoms with Gasteiger partial charge in [0.2, 0.25) is 0 Å². The van der Waals surface area contributed by atoms with Crippen LogP contribution in [0.1, 0.15) is 44.9 Å². The third-order valence-corrected chi connectivity index (χ3v) is 23.7. The number of nitrogens with zero attached hydrogens (tertiary/aromatic N) is 1. The molecule has 0 saturated carbocycles. The summed E-state index contributed by atoms with van der Waals surface area (Å²) in [5.41, 5.74) is 25.2. The van der Waals surface area contributed by atoms with Gasteiger partial charge in [-0.1, -0.05) is 270 Å². The van der Waals surface area contributed by atoms with Crippen molar-refractivity contribution < 1.29 is 27.1 Å². The van der Waals surface area contributed by atoms with Gasteiger partial charge in [-0.2, -0.15) is 0 Å². The Bertz CT molecular complexity index is 7130. The van der Waals surface area contributed by atoms with E-state index in [1.54, 1.807) is 0 Å². The molecule has 536 valence electrons. The molecule has 20 aromatic rings. The van der Waals surface area contributed by atoms with Gasteiger partial charge in [-0.05, 0) is 200 Å². The van der Waals surface area contributed by atoms with E-state index in [2.05, 4.69) is 299 Å². The van der Waals surface area contributed by atoms with Crippen LogP contribution in [-0.2, 0) is 10.8 Å². The van der Waals surface area contributed by atoms with Crippen LogP contribution >= 0.6 is 39.1 Å². The summed E-state index contributed by atoms with van der Waals surface area (Å²) in [6.45, 7) is 0. The van der Waals surface area contributed by atoms with Gasteiger partial charge in [0.1, 0.15) is 55.8 Å². The number of ether oxygens (including phenoxy) is 2. The average Bonchev–Trinajstić information content (AvgIpc) is 1.51. The second kappa shape index (κ2) is 26.3. The fraction of sp³-hybridized carbons (Fsp3) is 0.0196. The topological polar surface area (TPSA) is 86.3 Å². The van der Waals surface area contributed by atoms with E-state index in [1.807, 2.05) is 91.0 Å². The molecule has 4 aromatic heterocycles. The minimum absolute atomic E-state index is 0.605. The summed E-state index contributed by atoms with van der Waals surface area (Å²) in [6.07, 6.45) is 0. The van der Waals surface area contributed by atoms with E-state index < -0.39 is 10.8 Å². The number of halogens is 3. The van der Waals surface area contributed by atoms with Gasteiger partial charge in [-0.25, -0.2) is 0 Å². The van der Waals surface area contributed by atoms with E-state index in [4.69, 9.17) is 50.3 Å². The van der Waals surface area contributed by atoms with E-state index in [9.17, 15) is 0 Å². The Kier molecular flexibility index (Phi) is 15.5. The Hall–Kier alpha value is -13.5. The minimum atomic E-state index is -0.736. The lowest BCUT2D eigenvalue weighted by Crippen LogP contribution is -2.31. The summed E-state index contributed by atoms with van der Waals surface area (Å²) >= 11 is 16.7. The quantitative estimate of drug-likeness (QED) is 0.169. The Balaban J connectivity index is 0.000000115. The number of nitrogens with one attached hydrogen (secondary N) is 1. The number of furan rings is 4. The first-order chi connectivity index (χ1) is 55.7. The zero-order chi connectivity index (χ0) is 75.0. The zero-order valence-corrected chi connectivity index (χ0v) is 63.3. The standard InChI is InChI=1S/C51H30ClNO3.C27H14BrClO2.C24H17NO/c52-33-20-25-44-48(28-33)55-49-41-30-36(24-27-47(41)56-50(49)51(44)42-15-7-4-12-37(42)38-13-5-8-16-43(38)51)53(34-21-18-32(19-22-34)31-10-2-1-3-11-31)35-23-26-46-40(29-35)39-14-6-9-17-45(39)54-46;28-15-9-12-23-19(13-15)25-26(31-23)27(22-11-10-16(29)14-24(22)30-25)20-7-3-1-5-17(20)18-6-2-4-8-21(18)27;1-2-6-17(7-3-1)18-10-12-19(13-11-18)25-20-14-15-24-22(16-20)21-8-4-5-9-23(21)26-24/h1-30H;1-14H;1-16,25H. The van der Waals surface area contributed by atoms with Crippen LogP contribution in [0.4, 0.5) is 28.4 Å². The van der Waals surface area contributed by atoms with Crippen molar-refractivity contribution >= 4 is 133 Å². The molecule has 0 saturated heterocycles. The van der Waals surface area contributed by atoms with Gasteiger partial charge in [0, 0.05) is 75.6 Å². The summed E-state index contributed by atoms with van der Waals surface area (Å²) in [4.78, 5) is 2.29. The average molecular weight is 1560 g/mol. The van der Waals surface area contributed by atoms with Crippen molar-refractivity contribution in [2.75, 3.05) is 10.2 Å². The molecule has 11 heteroatoms. The second-order valence-electron chi connectivity index (χ2n) is 28.9. The molecule has 24 rings (SSSR count). The van der Waals surface area contributed by atoms with Gasteiger partial charge in [-0.3, -0.25) is 0 Å². The molecule has 113 heavy (non-hydrogen) atoms. The highest BCUT2D eigenvalue weighted by Gasteiger charge is 2.56. The lowest BCUT2D eigenvalue weighted by atomic mass is 9.69. The predicted octanol–water partition coefficient (Wildman–Crippen LogP) is 29.9. The van der Waals surface area contributed by atoms with E-state index in [-0.39, 0.29) is 0 Å². The van der Waals surface area contributed by atoms with Gasteiger partial charge in [0.25, 0.3) is 0 Å². The monoisotopic (exact) mass is 1560 g/mol. The molecule has 8 nitrogen and oxygen atoms in total. The molecule has 0 fully saturated rings. The molecule has 16 aromatic carbocycles. The highest BCUT2D eigenvalue weighted by Crippen LogP contribution is 2.66. The van der Waals surface area contributed by atoms with E-state index in [0.717, 1.165) is 155 Å². The maximum atomic E-state index is 7.05. The Labute approximate surface area is 667 Å². The van der Waals surface area contributed by atoms with Crippen molar-refractivity contribution in [3.8, 4) is 67.5 Å². The first-order valence-electron chi connectivity index (χ1n) is 37.5. The SMILES string of the molecule is Clc1ccc2c(c1)Oc1c(oc3ccc(Br)cc13)C21c2ccccc2-c2ccccc21.Clc1ccc2c(c1)Oc1c(oc3ccc(N(c4ccc(-c5ccccc5)cc4)c4ccc5oc6ccccc6c5c4)cc13)C21c2ccccc2-c2ccccc21.c1ccc(-c2ccc(Nc3ccc4oc5ccccc5c4c3)cc2)cc1. The fourth-order valence-electron chi connectivity index (χ4n) is 17.8. The Morgan fingerprint density at radius 1 is 0.265 bits per heavy atom. The first kappa shape index (κ1) is 66.4. The lowest BCUT2D eigenvalue weighted by Gasteiger charge is -2.36. The Morgan fingerprint density at radius 2 is 0.628 bits per heavy atom.